The van der Waals surface area contributed by atoms with Gasteiger partial charge in [0.25, 0.3) is 15.9 Å². The summed E-state index contributed by atoms with van der Waals surface area (Å²) < 4.78 is 27.3. The van der Waals surface area contributed by atoms with E-state index in [-0.39, 0.29) is 15.4 Å². The molecule has 2 aromatic carbocycles. The molecule has 0 spiro atoms. The number of sulfonamides is 1. The minimum atomic E-state index is -3.80. The van der Waals surface area contributed by atoms with Gasteiger partial charge in [0.05, 0.1) is 0 Å². The van der Waals surface area contributed by atoms with E-state index in [1.54, 1.807) is 12.1 Å². The molecule has 2 heterocycles. The van der Waals surface area contributed by atoms with Crippen molar-refractivity contribution in [2.75, 3.05) is 36.4 Å². The Kier molecular flexibility index (Phi) is 6.47. The van der Waals surface area contributed by atoms with Gasteiger partial charge in [0, 0.05) is 42.5 Å². The summed E-state index contributed by atoms with van der Waals surface area (Å²) in [7, 11) is -3.80. The van der Waals surface area contributed by atoms with E-state index < -0.39 is 10.0 Å². The summed E-state index contributed by atoms with van der Waals surface area (Å²) in [5.74, 6) is -0.365. The van der Waals surface area contributed by atoms with Gasteiger partial charge < -0.3 is 4.90 Å². The molecule has 1 aromatic heterocycles. The summed E-state index contributed by atoms with van der Waals surface area (Å²) in [6, 6.07) is 12.7. The smallest absolute Gasteiger partial charge is 0.272 e. The standard InChI is InChI=1S/C21H22ClN5O3S2/c1-14-3-6-16(7-4-14)19(28)23-20-24-25-21(31-20)32(29,30)27-11-9-26(10-12-27)18-13-17(22)8-5-15(18)2/h3-8,13H,9-12H2,1-2H3,(H,23,24,28). The van der Waals surface area contributed by atoms with Gasteiger partial charge in [-0.3, -0.25) is 10.1 Å². The maximum absolute atomic E-state index is 13.0. The highest BCUT2D eigenvalue weighted by Crippen LogP contribution is 2.28. The SMILES string of the molecule is Cc1ccc(C(=O)Nc2nnc(S(=O)(=O)N3CCN(c4cc(Cl)ccc4C)CC3)s2)cc1. The van der Waals surface area contributed by atoms with Crippen LogP contribution in [0.5, 0.6) is 0 Å². The molecule has 1 amide bonds. The Morgan fingerprint density at radius 3 is 2.41 bits per heavy atom. The maximum Gasteiger partial charge on any atom is 0.272 e. The summed E-state index contributed by atoms with van der Waals surface area (Å²) in [6.07, 6.45) is 0. The largest absolute Gasteiger partial charge is 0.369 e. The number of aromatic nitrogens is 2. The fraction of sp³-hybridized carbons (Fsp3) is 0.286. The van der Waals surface area contributed by atoms with E-state index in [4.69, 9.17) is 11.6 Å². The summed E-state index contributed by atoms with van der Waals surface area (Å²) in [4.78, 5) is 14.5. The highest BCUT2D eigenvalue weighted by molar-refractivity contribution is 7.91. The topological polar surface area (TPSA) is 95.5 Å². The Labute approximate surface area is 195 Å². The lowest BCUT2D eigenvalue weighted by molar-refractivity contribution is 0.102. The molecule has 4 rings (SSSR count). The third kappa shape index (κ3) is 4.78. The van der Waals surface area contributed by atoms with Crippen LogP contribution in [-0.4, -0.2) is 55.0 Å². The van der Waals surface area contributed by atoms with Crippen molar-refractivity contribution in [3.63, 3.8) is 0 Å². The van der Waals surface area contributed by atoms with Crippen LogP contribution in [0.3, 0.4) is 0 Å². The minimum Gasteiger partial charge on any atom is -0.369 e. The number of anilines is 2. The average molecular weight is 492 g/mol. The first kappa shape index (κ1) is 22.7. The lowest BCUT2D eigenvalue weighted by Crippen LogP contribution is -2.48. The minimum absolute atomic E-state index is 0.135. The highest BCUT2D eigenvalue weighted by Gasteiger charge is 2.32. The van der Waals surface area contributed by atoms with Crippen LogP contribution in [0.1, 0.15) is 21.5 Å². The molecular formula is C21H22ClN5O3S2. The molecule has 0 aliphatic carbocycles. The van der Waals surface area contributed by atoms with Crippen molar-refractivity contribution in [1.82, 2.24) is 14.5 Å². The number of hydrogen-bond acceptors (Lipinski definition) is 7. The molecule has 1 fully saturated rings. The molecule has 1 aliphatic heterocycles. The molecule has 32 heavy (non-hydrogen) atoms. The summed E-state index contributed by atoms with van der Waals surface area (Å²) in [5, 5.41) is 11.1. The fourth-order valence-corrected chi connectivity index (χ4v) is 6.06. The van der Waals surface area contributed by atoms with E-state index in [9.17, 15) is 13.2 Å². The lowest BCUT2D eigenvalue weighted by atomic mass is 10.1. The van der Waals surface area contributed by atoms with Gasteiger partial charge in [-0.25, -0.2) is 8.42 Å². The molecule has 11 heteroatoms. The first-order valence-electron chi connectivity index (χ1n) is 9.97. The molecule has 168 valence electrons. The van der Waals surface area contributed by atoms with Crippen molar-refractivity contribution in [3.8, 4) is 0 Å². The van der Waals surface area contributed by atoms with Crippen LogP contribution in [0.25, 0.3) is 0 Å². The number of nitrogens with one attached hydrogen (secondary N) is 1. The van der Waals surface area contributed by atoms with Crippen LogP contribution in [0, 0.1) is 13.8 Å². The molecule has 8 nitrogen and oxygen atoms in total. The number of aryl methyl sites for hydroxylation is 2. The number of nitrogens with zero attached hydrogens (tertiary/aromatic N) is 4. The van der Waals surface area contributed by atoms with E-state index in [0.29, 0.717) is 36.8 Å². The van der Waals surface area contributed by atoms with E-state index in [0.717, 1.165) is 28.2 Å². The van der Waals surface area contributed by atoms with Crippen molar-refractivity contribution in [3.05, 3.63) is 64.2 Å². The predicted octanol–water partition coefficient (Wildman–Crippen LogP) is 3.57. The zero-order chi connectivity index (χ0) is 22.9. The molecule has 1 aliphatic rings. The molecule has 0 radical (unpaired) electrons. The van der Waals surface area contributed by atoms with Gasteiger partial charge in [-0.2, -0.15) is 4.31 Å². The Balaban J connectivity index is 1.42. The first-order chi connectivity index (χ1) is 15.2. The van der Waals surface area contributed by atoms with Crippen molar-refractivity contribution in [1.29, 1.82) is 0 Å². The lowest BCUT2D eigenvalue weighted by Gasteiger charge is -2.35. The van der Waals surface area contributed by atoms with E-state index in [1.807, 2.05) is 44.2 Å². The summed E-state index contributed by atoms with van der Waals surface area (Å²) in [6.45, 7) is 5.65. The molecule has 3 aromatic rings. The van der Waals surface area contributed by atoms with Crippen LogP contribution in [-0.2, 0) is 10.0 Å². The number of hydrogen-bond donors (Lipinski definition) is 1. The summed E-state index contributed by atoms with van der Waals surface area (Å²) in [5.41, 5.74) is 3.59. The maximum atomic E-state index is 13.0. The quantitative estimate of drug-likeness (QED) is 0.548. The van der Waals surface area contributed by atoms with Crippen LogP contribution >= 0.6 is 22.9 Å². The normalized spacial score (nSPS) is 15.0. The van der Waals surface area contributed by atoms with Gasteiger partial charge in [-0.1, -0.05) is 46.7 Å². The van der Waals surface area contributed by atoms with E-state index >= 15 is 0 Å². The second-order valence-electron chi connectivity index (χ2n) is 7.52. The highest BCUT2D eigenvalue weighted by atomic mass is 35.5. The van der Waals surface area contributed by atoms with Crippen molar-refractivity contribution < 1.29 is 13.2 Å². The summed E-state index contributed by atoms with van der Waals surface area (Å²) >= 11 is 6.97. The van der Waals surface area contributed by atoms with Crippen LogP contribution in [0.4, 0.5) is 10.8 Å². The van der Waals surface area contributed by atoms with Crippen LogP contribution in [0.2, 0.25) is 5.02 Å². The Bertz CT molecular complexity index is 1240. The van der Waals surface area contributed by atoms with Crippen molar-refractivity contribution >= 4 is 49.7 Å². The zero-order valence-electron chi connectivity index (χ0n) is 17.6. The zero-order valence-corrected chi connectivity index (χ0v) is 20.0. The third-order valence-electron chi connectivity index (χ3n) is 5.25. The monoisotopic (exact) mass is 491 g/mol. The number of carbonyl (C=O) groups is 1. The Morgan fingerprint density at radius 2 is 1.72 bits per heavy atom. The number of amides is 1. The molecule has 1 N–H and O–H groups in total. The Hall–Kier alpha value is -2.53. The molecule has 1 saturated heterocycles. The molecule has 0 saturated carbocycles. The van der Waals surface area contributed by atoms with Gasteiger partial charge in [-0.15, -0.1) is 10.2 Å². The number of carbonyl (C=O) groups excluding carboxylic acids is 1. The first-order valence-corrected chi connectivity index (χ1v) is 12.6. The number of halogens is 1. The predicted molar refractivity (Wildman–Crippen MR) is 126 cm³/mol. The second kappa shape index (κ2) is 9.14. The average Bonchev–Trinajstić information content (AvgIpc) is 3.25. The van der Waals surface area contributed by atoms with Gasteiger partial charge in [0.1, 0.15) is 0 Å². The van der Waals surface area contributed by atoms with Crippen molar-refractivity contribution in [2.45, 2.75) is 18.2 Å². The molecular weight excluding hydrogens is 470 g/mol. The third-order valence-corrected chi connectivity index (χ3v) is 8.57. The van der Waals surface area contributed by atoms with Gasteiger partial charge in [0.15, 0.2) is 0 Å². The molecule has 0 atom stereocenters. The molecule has 0 unspecified atom stereocenters. The van der Waals surface area contributed by atoms with E-state index in [1.165, 1.54) is 4.31 Å². The van der Waals surface area contributed by atoms with Gasteiger partial charge >= 0.3 is 0 Å². The number of benzene rings is 2. The van der Waals surface area contributed by atoms with Crippen LogP contribution in [0.15, 0.2) is 46.8 Å². The molecule has 0 bridgehead atoms. The van der Waals surface area contributed by atoms with Gasteiger partial charge in [-0.05, 0) is 43.7 Å². The van der Waals surface area contributed by atoms with Crippen molar-refractivity contribution in [2.24, 2.45) is 0 Å². The number of piperazine rings is 1. The van der Waals surface area contributed by atoms with Crippen LogP contribution < -0.4 is 10.2 Å². The van der Waals surface area contributed by atoms with Gasteiger partial charge in [0.2, 0.25) is 9.47 Å². The Morgan fingerprint density at radius 1 is 1.03 bits per heavy atom. The number of rotatable bonds is 5. The fourth-order valence-electron chi connectivity index (χ4n) is 3.44. The van der Waals surface area contributed by atoms with E-state index in [2.05, 4.69) is 20.4 Å². The second-order valence-corrected chi connectivity index (χ2v) is 11.0.